The number of aromatic amines is 1. The summed E-state index contributed by atoms with van der Waals surface area (Å²) in [4.78, 5) is 11.7. The largest absolute Gasteiger partial charge is 0.393 e. The van der Waals surface area contributed by atoms with Crippen LogP contribution >= 0.6 is 11.3 Å². The predicted molar refractivity (Wildman–Crippen MR) is 151 cm³/mol. The van der Waals surface area contributed by atoms with Gasteiger partial charge in [-0.05, 0) is 56.0 Å². The number of piperidine rings is 1. The number of alkyl halides is 3. The number of thiophene rings is 1. The molecule has 5 heterocycles. The number of rotatable bonds is 7. The molecule has 1 aliphatic rings. The summed E-state index contributed by atoms with van der Waals surface area (Å²) in [5, 5.41) is 25.8. The van der Waals surface area contributed by atoms with Crippen LogP contribution in [0.25, 0.3) is 21.1 Å². The summed E-state index contributed by atoms with van der Waals surface area (Å²) in [5.74, 6) is 0.596. The fourth-order valence-corrected chi connectivity index (χ4v) is 6.57. The molecule has 4 aromatic heterocycles. The molecule has 5 aromatic rings. The van der Waals surface area contributed by atoms with Gasteiger partial charge in [-0.2, -0.15) is 18.4 Å². The lowest BCUT2D eigenvalue weighted by atomic mass is 10.0. The molecule has 9 nitrogen and oxygen atoms in total. The lowest BCUT2D eigenvalue weighted by Crippen LogP contribution is -2.39. The van der Waals surface area contributed by atoms with Gasteiger partial charge in [0.05, 0.1) is 29.7 Å². The van der Waals surface area contributed by atoms with Gasteiger partial charge in [0, 0.05) is 41.5 Å². The summed E-state index contributed by atoms with van der Waals surface area (Å²) < 4.78 is 40.7. The van der Waals surface area contributed by atoms with Gasteiger partial charge in [-0.25, -0.2) is 9.97 Å². The topological polar surface area (TPSA) is 111 Å². The van der Waals surface area contributed by atoms with Gasteiger partial charge in [-0.1, -0.05) is 11.3 Å². The van der Waals surface area contributed by atoms with Gasteiger partial charge >= 0.3 is 6.18 Å². The fraction of sp³-hybridized carbons (Fsp3) is 0.393. The quantitative estimate of drug-likeness (QED) is 0.263. The molecule has 0 bridgehead atoms. The second-order valence-electron chi connectivity index (χ2n) is 10.5. The van der Waals surface area contributed by atoms with E-state index < -0.39 is 12.6 Å². The molecule has 2 N–H and O–H groups in total. The molecule has 13 heteroatoms. The van der Waals surface area contributed by atoms with Gasteiger partial charge in [0.15, 0.2) is 0 Å². The molecule has 0 amide bonds. The van der Waals surface area contributed by atoms with Crippen molar-refractivity contribution in [3.8, 4) is 6.07 Å². The van der Waals surface area contributed by atoms with E-state index in [0.717, 1.165) is 71.7 Å². The summed E-state index contributed by atoms with van der Waals surface area (Å²) >= 11 is 1.06. The highest BCUT2D eigenvalue weighted by Gasteiger charge is 2.29. The third kappa shape index (κ3) is 5.62. The summed E-state index contributed by atoms with van der Waals surface area (Å²) in [5.41, 5.74) is 5.66. The number of likely N-dealkylation sites (tertiary alicyclic amines) is 1. The molecule has 0 spiro atoms. The van der Waals surface area contributed by atoms with Crippen molar-refractivity contribution >= 4 is 38.3 Å². The Kier molecular flexibility index (Phi) is 7.13. The van der Waals surface area contributed by atoms with E-state index in [1.54, 1.807) is 6.07 Å². The summed E-state index contributed by atoms with van der Waals surface area (Å²) in [7, 11) is 0. The zero-order valence-electron chi connectivity index (χ0n) is 22.6. The Labute approximate surface area is 238 Å². The van der Waals surface area contributed by atoms with Crippen molar-refractivity contribution < 1.29 is 13.2 Å². The van der Waals surface area contributed by atoms with E-state index in [9.17, 15) is 18.4 Å². The highest BCUT2D eigenvalue weighted by atomic mass is 32.1. The van der Waals surface area contributed by atoms with Gasteiger partial charge in [0.25, 0.3) is 0 Å². The van der Waals surface area contributed by atoms with Crippen molar-refractivity contribution in [2.24, 2.45) is 0 Å². The molecule has 1 aliphatic heterocycles. The Hall–Kier alpha value is -4.02. The number of nitrogens with one attached hydrogen (secondary N) is 2. The van der Waals surface area contributed by atoms with E-state index in [2.05, 4.69) is 60.7 Å². The molecular formula is C28H28F3N9S. The zero-order chi connectivity index (χ0) is 28.7. The molecule has 0 aliphatic carbocycles. The van der Waals surface area contributed by atoms with E-state index in [1.807, 2.05) is 17.6 Å². The number of nitriles is 1. The van der Waals surface area contributed by atoms with Crippen LogP contribution in [-0.2, 0) is 19.5 Å². The third-order valence-electron chi connectivity index (χ3n) is 7.80. The number of anilines is 1. The lowest BCUT2D eigenvalue weighted by Gasteiger charge is -2.33. The Bertz CT molecular complexity index is 1750. The number of aromatic nitrogens is 6. The second kappa shape index (κ2) is 10.8. The van der Waals surface area contributed by atoms with Crippen molar-refractivity contribution in [3.63, 3.8) is 0 Å². The van der Waals surface area contributed by atoms with Gasteiger partial charge in [-0.15, -0.1) is 16.4 Å². The average Bonchev–Trinajstić information content (AvgIpc) is 3.63. The average molecular weight is 580 g/mol. The molecule has 0 radical (unpaired) electrons. The van der Waals surface area contributed by atoms with Crippen LogP contribution in [-0.4, -0.2) is 60.2 Å². The number of hydrogen-bond donors (Lipinski definition) is 2. The monoisotopic (exact) mass is 579 g/mol. The summed E-state index contributed by atoms with van der Waals surface area (Å²) in [6.45, 7) is 7.05. The smallest absolute Gasteiger partial charge is 0.367 e. The molecule has 212 valence electrons. The van der Waals surface area contributed by atoms with Crippen LogP contribution in [0.15, 0.2) is 30.6 Å². The Morgan fingerprint density at radius 1 is 1.12 bits per heavy atom. The number of H-pyrrole nitrogens is 1. The van der Waals surface area contributed by atoms with Gasteiger partial charge < -0.3 is 9.88 Å². The molecule has 0 atom stereocenters. The van der Waals surface area contributed by atoms with Gasteiger partial charge in [-0.3, -0.25) is 10.00 Å². The highest BCUT2D eigenvalue weighted by Crippen LogP contribution is 2.33. The number of aryl methyl sites for hydroxylation is 2. The van der Waals surface area contributed by atoms with Crippen LogP contribution in [0.4, 0.5) is 19.0 Å². The molecule has 1 saturated heterocycles. The number of benzene rings is 1. The minimum absolute atomic E-state index is 0.173. The normalized spacial score (nSPS) is 15.1. The summed E-state index contributed by atoms with van der Waals surface area (Å²) in [6, 6.07) is 10.2. The Morgan fingerprint density at radius 2 is 1.93 bits per heavy atom. The first-order chi connectivity index (χ1) is 19.7. The van der Waals surface area contributed by atoms with E-state index in [0.29, 0.717) is 28.3 Å². The van der Waals surface area contributed by atoms with E-state index in [-0.39, 0.29) is 10.9 Å². The van der Waals surface area contributed by atoms with Crippen LogP contribution in [0.3, 0.4) is 0 Å². The van der Waals surface area contributed by atoms with Crippen LogP contribution in [0.1, 0.15) is 45.9 Å². The van der Waals surface area contributed by atoms with E-state index in [1.165, 1.54) is 11.9 Å². The molecule has 6 rings (SSSR count). The van der Waals surface area contributed by atoms with Gasteiger partial charge in [0.2, 0.25) is 0 Å². The standard InChI is InChI=1S/C28H28F3N9S/c1-16-18(3-4-25-22(16)9-20(12-32)40(25)14-24-17(2)36-38-37-24)13-39-7-5-19(6-8-39)35-26-23-10-21(11-28(29,30)31)41-27(23)34-15-33-26/h3-4,9-10,15,19H,5-8,11,13-14H2,1-2H3,(H,33,34,35)(H,36,37,38). The number of hydrogen-bond acceptors (Lipinski definition) is 8. The molecule has 0 unspecified atom stereocenters. The second-order valence-corrected chi connectivity index (χ2v) is 11.6. The van der Waals surface area contributed by atoms with Crippen LogP contribution < -0.4 is 5.32 Å². The van der Waals surface area contributed by atoms with E-state index in [4.69, 9.17) is 0 Å². The van der Waals surface area contributed by atoms with Crippen molar-refractivity contribution in [1.82, 2.24) is 34.8 Å². The van der Waals surface area contributed by atoms with Gasteiger partial charge in [0.1, 0.15) is 28.7 Å². The maximum atomic E-state index is 12.9. The minimum Gasteiger partial charge on any atom is -0.367 e. The Morgan fingerprint density at radius 3 is 2.63 bits per heavy atom. The first-order valence-electron chi connectivity index (χ1n) is 13.4. The van der Waals surface area contributed by atoms with Crippen LogP contribution in [0.2, 0.25) is 0 Å². The maximum absolute atomic E-state index is 12.9. The first kappa shape index (κ1) is 27.2. The maximum Gasteiger partial charge on any atom is 0.393 e. The van der Waals surface area contributed by atoms with Crippen LogP contribution in [0, 0.1) is 25.2 Å². The molecule has 1 fully saturated rings. The van der Waals surface area contributed by atoms with E-state index >= 15 is 0 Å². The highest BCUT2D eigenvalue weighted by molar-refractivity contribution is 7.18. The van der Waals surface area contributed by atoms with Crippen molar-refractivity contribution in [2.75, 3.05) is 18.4 Å². The summed E-state index contributed by atoms with van der Waals surface area (Å²) in [6.07, 6.45) is -2.03. The molecular weight excluding hydrogens is 551 g/mol. The molecule has 0 saturated carbocycles. The van der Waals surface area contributed by atoms with Crippen molar-refractivity contribution in [2.45, 2.75) is 58.4 Å². The molecule has 41 heavy (non-hydrogen) atoms. The third-order valence-corrected chi connectivity index (χ3v) is 8.84. The van der Waals surface area contributed by atoms with Crippen LogP contribution in [0.5, 0.6) is 0 Å². The number of fused-ring (bicyclic) bond motifs is 2. The lowest BCUT2D eigenvalue weighted by molar-refractivity contribution is -0.126. The number of nitrogens with zero attached hydrogens (tertiary/aromatic N) is 7. The van der Waals surface area contributed by atoms with Crippen molar-refractivity contribution in [3.05, 3.63) is 63.7 Å². The first-order valence-corrected chi connectivity index (χ1v) is 14.2. The Balaban J connectivity index is 1.12. The minimum atomic E-state index is -4.25. The SMILES string of the molecule is Cc1nn[nH]c1Cn1c(C#N)cc2c(C)c(CN3CCC(Nc4ncnc5sc(CC(F)(F)F)cc45)CC3)ccc21. The fourth-order valence-electron chi connectivity index (χ4n) is 5.54. The number of halogens is 3. The van der Waals surface area contributed by atoms with Crippen molar-refractivity contribution in [1.29, 1.82) is 5.26 Å². The zero-order valence-corrected chi connectivity index (χ0v) is 23.4. The predicted octanol–water partition coefficient (Wildman–Crippen LogP) is 5.48. The molecule has 1 aromatic carbocycles.